The Balaban J connectivity index is 1.01. The zero-order valence-electron chi connectivity index (χ0n) is 37.9. The van der Waals surface area contributed by atoms with Gasteiger partial charge >= 0.3 is 17.9 Å². The summed E-state index contributed by atoms with van der Waals surface area (Å²) in [5.41, 5.74) is 2.77. The van der Waals surface area contributed by atoms with Crippen molar-refractivity contribution in [1.29, 1.82) is 0 Å². The summed E-state index contributed by atoms with van der Waals surface area (Å²) in [7, 11) is 0. The van der Waals surface area contributed by atoms with E-state index in [9.17, 15) is 19.5 Å². The highest BCUT2D eigenvalue weighted by Crippen LogP contribution is 2.67. The molecular formula is C54H68O9. The molecule has 0 spiro atoms. The molecule has 338 valence electrons. The molecule has 1 aliphatic heterocycles. The summed E-state index contributed by atoms with van der Waals surface area (Å²) in [6.07, 6.45) is 8.33. The molecule has 3 saturated carbocycles. The summed E-state index contributed by atoms with van der Waals surface area (Å²) in [6, 6.07) is 25.4. The number of aliphatic hydroxyl groups excluding tert-OH is 1. The van der Waals surface area contributed by atoms with E-state index in [-0.39, 0.29) is 29.3 Å². The summed E-state index contributed by atoms with van der Waals surface area (Å²) < 4.78 is 31.1. The molecule has 0 unspecified atom stereocenters. The van der Waals surface area contributed by atoms with Crippen molar-refractivity contribution in [2.24, 2.45) is 46.3 Å². The predicted molar refractivity (Wildman–Crippen MR) is 241 cm³/mol. The fraction of sp³-hybridized carbons (Fsp3) is 0.574. The van der Waals surface area contributed by atoms with Gasteiger partial charge in [-0.1, -0.05) is 120 Å². The molecule has 9 heteroatoms. The van der Waals surface area contributed by atoms with Gasteiger partial charge in [0.05, 0.1) is 22.8 Å². The van der Waals surface area contributed by atoms with Crippen LogP contribution in [-0.2, 0) is 23.7 Å². The lowest BCUT2D eigenvalue weighted by atomic mass is 9.47. The standard InChI is InChI=1S/C54H68O9/c1-34(2)16-15-17-35(3)42-26-27-43-41-25-24-39-32-40(28-30-53(39,4)44(41)29-31-54(42,43)5)60-52-46(55)48(63-51(58)38-22-13-8-14-23-38)47(62-50(57)37-20-11-7-12-21-37)45(61-52)33-59-49(56)36-18-9-6-10-19-36/h6-14,18-24,34-35,40-48,52,55H,15-17,25-33H2,1-5H3/t35-,40+,41+,42-,43+,44+,45-,46-,47-,48-,52-,53+,54-/m1/s1. The third-order valence-corrected chi connectivity index (χ3v) is 16.1. The van der Waals surface area contributed by atoms with Crippen molar-refractivity contribution in [3.8, 4) is 0 Å². The van der Waals surface area contributed by atoms with Gasteiger partial charge in [0, 0.05) is 0 Å². The first-order valence-electron chi connectivity index (χ1n) is 23.8. The van der Waals surface area contributed by atoms with Crippen LogP contribution in [0, 0.1) is 46.3 Å². The minimum absolute atomic E-state index is 0.0791. The number of carbonyl (C=O) groups excluding carboxylic acids is 3. The second-order valence-electron chi connectivity index (χ2n) is 20.3. The number of hydrogen-bond acceptors (Lipinski definition) is 9. The predicted octanol–water partition coefficient (Wildman–Crippen LogP) is 10.8. The fourth-order valence-electron chi connectivity index (χ4n) is 12.7. The van der Waals surface area contributed by atoms with Crippen LogP contribution in [0.3, 0.4) is 0 Å². The van der Waals surface area contributed by atoms with Gasteiger partial charge in [-0.15, -0.1) is 0 Å². The quantitative estimate of drug-likeness (QED) is 0.0960. The molecular weight excluding hydrogens is 793 g/mol. The number of benzene rings is 3. The SMILES string of the molecule is CC(C)CCC[C@@H](C)[C@H]1CC[C@H]2[C@@H]3CC=C4C[C@@H](O[C@@H]5O[C@H](COC(=O)c6ccccc6)[C@@H](OC(=O)c6ccccc6)[C@H](OC(=O)c6ccccc6)[C@H]5O)CC[C@]4(C)[C@H]3CC[C@]12C. The highest BCUT2D eigenvalue weighted by atomic mass is 16.7. The Hall–Kier alpha value is -4.31. The van der Waals surface area contributed by atoms with E-state index in [1.807, 2.05) is 0 Å². The fourth-order valence-corrected chi connectivity index (χ4v) is 12.7. The average Bonchev–Trinajstić information content (AvgIpc) is 3.66. The van der Waals surface area contributed by atoms with E-state index >= 15 is 0 Å². The molecule has 9 nitrogen and oxygen atoms in total. The van der Waals surface area contributed by atoms with Gasteiger partial charge < -0.3 is 28.8 Å². The molecule has 3 aromatic carbocycles. The van der Waals surface area contributed by atoms with Crippen molar-refractivity contribution in [1.82, 2.24) is 0 Å². The van der Waals surface area contributed by atoms with Crippen LogP contribution in [0.2, 0.25) is 0 Å². The second kappa shape index (κ2) is 19.4. The molecule has 13 atom stereocenters. The van der Waals surface area contributed by atoms with Crippen molar-refractivity contribution in [3.63, 3.8) is 0 Å². The molecule has 4 aliphatic carbocycles. The van der Waals surface area contributed by atoms with Crippen molar-refractivity contribution in [3.05, 3.63) is 119 Å². The normalized spacial score (nSPS) is 34.1. The number of ether oxygens (including phenoxy) is 5. The first-order valence-corrected chi connectivity index (χ1v) is 23.8. The number of carbonyl (C=O) groups is 3. The third-order valence-electron chi connectivity index (χ3n) is 16.1. The maximum Gasteiger partial charge on any atom is 0.338 e. The largest absolute Gasteiger partial charge is 0.459 e. The first-order chi connectivity index (χ1) is 30.4. The molecule has 0 amide bonds. The monoisotopic (exact) mass is 860 g/mol. The van der Waals surface area contributed by atoms with E-state index in [4.69, 9.17) is 23.7 Å². The number of aliphatic hydroxyl groups is 1. The van der Waals surface area contributed by atoms with Crippen molar-refractivity contribution >= 4 is 17.9 Å². The molecule has 0 bridgehead atoms. The molecule has 4 fully saturated rings. The van der Waals surface area contributed by atoms with E-state index in [0.29, 0.717) is 29.2 Å². The zero-order valence-corrected chi connectivity index (χ0v) is 37.9. The highest BCUT2D eigenvalue weighted by molar-refractivity contribution is 5.91. The minimum Gasteiger partial charge on any atom is -0.459 e. The number of hydrogen-bond donors (Lipinski definition) is 1. The van der Waals surface area contributed by atoms with Gasteiger partial charge in [0.25, 0.3) is 0 Å². The lowest BCUT2D eigenvalue weighted by molar-refractivity contribution is -0.311. The Bertz CT molecular complexity index is 2050. The van der Waals surface area contributed by atoms with Crippen molar-refractivity contribution in [2.75, 3.05) is 6.61 Å². The molecule has 8 rings (SSSR count). The van der Waals surface area contributed by atoms with Crippen LogP contribution in [0.15, 0.2) is 103 Å². The Labute approximate surface area is 374 Å². The minimum atomic E-state index is -1.54. The van der Waals surface area contributed by atoms with Crippen LogP contribution in [-0.4, -0.2) is 66.4 Å². The second-order valence-corrected chi connectivity index (χ2v) is 20.3. The highest BCUT2D eigenvalue weighted by Gasteiger charge is 2.60. The van der Waals surface area contributed by atoms with Crippen LogP contribution >= 0.6 is 0 Å². The van der Waals surface area contributed by atoms with Gasteiger partial charge in [0.1, 0.15) is 18.8 Å². The Morgan fingerprint density at radius 2 is 1.33 bits per heavy atom. The van der Waals surface area contributed by atoms with Gasteiger partial charge in [-0.05, 0) is 134 Å². The van der Waals surface area contributed by atoms with Gasteiger partial charge in [-0.3, -0.25) is 0 Å². The van der Waals surface area contributed by atoms with Crippen molar-refractivity contribution in [2.45, 2.75) is 142 Å². The molecule has 1 heterocycles. The van der Waals surface area contributed by atoms with E-state index in [1.165, 1.54) is 50.5 Å². The molecule has 1 saturated heterocycles. The van der Waals surface area contributed by atoms with Gasteiger partial charge in [0.2, 0.25) is 0 Å². The summed E-state index contributed by atoms with van der Waals surface area (Å²) in [4.78, 5) is 40.5. The van der Waals surface area contributed by atoms with Crippen LogP contribution in [0.25, 0.3) is 0 Å². The molecule has 1 N–H and O–H groups in total. The molecule has 3 aromatic rings. The number of esters is 3. The van der Waals surface area contributed by atoms with E-state index in [1.54, 1.807) is 91.0 Å². The number of allylic oxidation sites excluding steroid dienone is 1. The van der Waals surface area contributed by atoms with Gasteiger partial charge in [-0.25, -0.2) is 14.4 Å². The lowest BCUT2D eigenvalue weighted by Gasteiger charge is -2.58. The van der Waals surface area contributed by atoms with Crippen LogP contribution in [0.4, 0.5) is 0 Å². The maximum atomic E-state index is 13.7. The first kappa shape index (κ1) is 45.3. The van der Waals surface area contributed by atoms with E-state index in [2.05, 4.69) is 40.7 Å². The molecule has 0 radical (unpaired) electrons. The molecule has 5 aliphatic rings. The third kappa shape index (κ3) is 9.58. The van der Waals surface area contributed by atoms with Gasteiger partial charge in [0.15, 0.2) is 18.5 Å². The van der Waals surface area contributed by atoms with Gasteiger partial charge in [-0.2, -0.15) is 0 Å². The molecule has 63 heavy (non-hydrogen) atoms. The Morgan fingerprint density at radius 1 is 0.730 bits per heavy atom. The van der Waals surface area contributed by atoms with Crippen LogP contribution in [0.1, 0.15) is 136 Å². The number of rotatable bonds is 14. The lowest BCUT2D eigenvalue weighted by Crippen LogP contribution is -2.62. The topological polar surface area (TPSA) is 118 Å². The zero-order chi connectivity index (χ0) is 44.3. The van der Waals surface area contributed by atoms with E-state index in [0.717, 1.165) is 42.9 Å². The maximum absolute atomic E-state index is 13.7. The van der Waals surface area contributed by atoms with Crippen LogP contribution in [0.5, 0.6) is 0 Å². The molecule has 0 aromatic heterocycles. The Kier molecular flexibility index (Phi) is 14.0. The number of fused-ring (bicyclic) bond motifs is 5. The van der Waals surface area contributed by atoms with Crippen molar-refractivity contribution < 1.29 is 43.2 Å². The summed E-state index contributed by atoms with van der Waals surface area (Å²) in [6.45, 7) is 12.0. The summed E-state index contributed by atoms with van der Waals surface area (Å²) in [5, 5.41) is 12.1. The smallest absolute Gasteiger partial charge is 0.338 e. The van der Waals surface area contributed by atoms with Crippen LogP contribution < -0.4 is 0 Å². The summed E-state index contributed by atoms with van der Waals surface area (Å²) in [5.74, 6) is 2.41. The van der Waals surface area contributed by atoms with E-state index < -0.39 is 48.6 Å². The Morgan fingerprint density at radius 3 is 1.95 bits per heavy atom. The summed E-state index contributed by atoms with van der Waals surface area (Å²) >= 11 is 0. The average molecular weight is 861 g/mol.